The summed E-state index contributed by atoms with van der Waals surface area (Å²) in [6.07, 6.45) is 0.925. The van der Waals surface area contributed by atoms with Gasteiger partial charge in [-0.2, -0.15) is 0 Å². The molecule has 1 aromatic carbocycles. The van der Waals surface area contributed by atoms with Gasteiger partial charge < -0.3 is 29.7 Å². The van der Waals surface area contributed by atoms with E-state index in [-0.39, 0.29) is 24.6 Å². The van der Waals surface area contributed by atoms with E-state index in [1.54, 1.807) is 19.1 Å². The van der Waals surface area contributed by atoms with E-state index in [1.807, 2.05) is 24.3 Å². The zero-order valence-electron chi connectivity index (χ0n) is 15.1. The Bertz CT molecular complexity index is 658. The molecule has 1 spiro atoms. The van der Waals surface area contributed by atoms with Crippen LogP contribution in [0.15, 0.2) is 24.3 Å². The molecule has 2 saturated heterocycles. The van der Waals surface area contributed by atoms with Gasteiger partial charge in [-0.25, -0.2) is 4.79 Å². The highest BCUT2D eigenvalue weighted by atomic mass is 16.5. The number of hydrogen-bond acceptors (Lipinski definition) is 5. The summed E-state index contributed by atoms with van der Waals surface area (Å²) in [7, 11) is 3.23. The summed E-state index contributed by atoms with van der Waals surface area (Å²) in [5.41, 5.74) is 0.343. The number of likely N-dealkylation sites (tertiary alicyclic amines) is 1. The maximum atomic E-state index is 12.4. The van der Waals surface area contributed by atoms with Crippen molar-refractivity contribution in [3.63, 3.8) is 0 Å². The number of nitrogens with zero attached hydrogens (tertiary/aromatic N) is 1. The van der Waals surface area contributed by atoms with Gasteiger partial charge in [0.25, 0.3) is 0 Å². The van der Waals surface area contributed by atoms with Crippen LogP contribution >= 0.6 is 0 Å². The van der Waals surface area contributed by atoms with Crippen molar-refractivity contribution in [1.29, 1.82) is 0 Å². The van der Waals surface area contributed by atoms with Gasteiger partial charge in [-0.1, -0.05) is 12.1 Å². The maximum absolute atomic E-state index is 12.4. The summed E-state index contributed by atoms with van der Waals surface area (Å²) in [6.45, 7) is 1.52. The standard InChI is InChI=1S/C18H25N3O5/c1-24-14-5-3-4-13(10-14)15(25-2)11-19-17(23)21-8-6-18(7-9-21)20-16(22)12-26-18/h3-5,10,15H,6-9,11-12H2,1-2H3,(H,19,23)(H,20,22). The second-order valence-corrected chi connectivity index (χ2v) is 6.51. The lowest BCUT2D eigenvalue weighted by molar-refractivity contribution is -0.119. The van der Waals surface area contributed by atoms with Crippen molar-refractivity contribution in [1.82, 2.24) is 15.5 Å². The molecule has 1 aromatic rings. The van der Waals surface area contributed by atoms with Crippen molar-refractivity contribution in [2.45, 2.75) is 24.7 Å². The number of piperidine rings is 1. The van der Waals surface area contributed by atoms with Crippen LogP contribution in [0.4, 0.5) is 4.79 Å². The van der Waals surface area contributed by atoms with Crippen molar-refractivity contribution < 1.29 is 23.8 Å². The Hall–Kier alpha value is -2.32. The number of nitrogens with one attached hydrogen (secondary N) is 2. The Kier molecular flexibility index (Phi) is 5.63. The molecule has 0 aliphatic carbocycles. The first kappa shape index (κ1) is 18.5. The normalized spacial score (nSPS) is 19.9. The molecular formula is C18H25N3O5. The number of carbonyl (C=O) groups excluding carboxylic acids is 2. The van der Waals surface area contributed by atoms with Gasteiger partial charge in [0.2, 0.25) is 5.91 Å². The number of rotatable bonds is 5. The summed E-state index contributed by atoms with van der Waals surface area (Å²) in [6, 6.07) is 7.44. The molecule has 2 aliphatic heterocycles. The quantitative estimate of drug-likeness (QED) is 0.816. The van der Waals surface area contributed by atoms with Gasteiger partial charge in [-0.3, -0.25) is 4.79 Å². The molecule has 2 aliphatic rings. The Balaban J connectivity index is 1.51. The number of benzene rings is 1. The van der Waals surface area contributed by atoms with Crippen LogP contribution in [0.25, 0.3) is 0 Å². The molecule has 8 heteroatoms. The number of urea groups is 1. The van der Waals surface area contributed by atoms with Crippen molar-refractivity contribution in [3.8, 4) is 5.75 Å². The third kappa shape index (κ3) is 4.08. The molecule has 2 fully saturated rings. The van der Waals surface area contributed by atoms with Crippen LogP contribution in [0.3, 0.4) is 0 Å². The van der Waals surface area contributed by atoms with Crippen molar-refractivity contribution in [2.24, 2.45) is 0 Å². The van der Waals surface area contributed by atoms with Crippen LogP contribution in [-0.4, -0.2) is 63.0 Å². The highest BCUT2D eigenvalue weighted by Crippen LogP contribution is 2.27. The van der Waals surface area contributed by atoms with E-state index < -0.39 is 5.72 Å². The van der Waals surface area contributed by atoms with Crippen LogP contribution in [0, 0.1) is 0 Å². The molecule has 8 nitrogen and oxygen atoms in total. The lowest BCUT2D eigenvalue weighted by Crippen LogP contribution is -2.55. The lowest BCUT2D eigenvalue weighted by Gasteiger charge is -2.38. The summed E-state index contributed by atoms with van der Waals surface area (Å²) < 4.78 is 16.3. The molecule has 0 saturated carbocycles. The molecule has 142 valence electrons. The molecule has 3 amide bonds. The van der Waals surface area contributed by atoms with E-state index in [0.29, 0.717) is 32.5 Å². The molecule has 2 N–H and O–H groups in total. The lowest BCUT2D eigenvalue weighted by atomic mass is 10.0. The molecular weight excluding hydrogens is 338 g/mol. The van der Waals surface area contributed by atoms with Gasteiger partial charge in [0.15, 0.2) is 0 Å². The molecule has 3 rings (SSSR count). The Morgan fingerprint density at radius 1 is 1.38 bits per heavy atom. The van der Waals surface area contributed by atoms with Crippen LogP contribution in [0.5, 0.6) is 5.75 Å². The maximum Gasteiger partial charge on any atom is 0.317 e. The number of carbonyl (C=O) groups is 2. The third-order valence-corrected chi connectivity index (χ3v) is 4.89. The average Bonchev–Trinajstić information content (AvgIpc) is 3.03. The van der Waals surface area contributed by atoms with Crippen LogP contribution in [0.1, 0.15) is 24.5 Å². The van der Waals surface area contributed by atoms with Crippen LogP contribution in [-0.2, 0) is 14.3 Å². The van der Waals surface area contributed by atoms with Crippen LogP contribution in [0.2, 0.25) is 0 Å². The topological polar surface area (TPSA) is 89.1 Å². The number of methoxy groups -OCH3 is 2. The summed E-state index contributed by atoms with van der Waals surface area (Å²) in [5.74, 6) is 0.653. The van der Waals surface area contributed by atoms with Gasteiger partial charge in [0.05, 0.1) is 13.2 Å². The van der Waals surface area contributed by atoms with Gasteiger partial charge in [0.1, 0.15) is 18.1 Å². The largest absolute Gasteiger partial charge is 0.497 e. The molecule has 1 unspecified atom stereocenters. The molecule has 26 heavy (non-hydrogen) atoms. The number of ether oxygens (including phenoxy) is 3. The van der Waals surface area contributed by atoms with Gasteiger partial charge in [0, 0.05) is 39.6 Å². The molecule has 0 radical (unpaired) electrons. The fourth-order valence-electron chi connectivity index (χ4n) is 3.34. The minimum Gasteiger partial charge on any atom is -0.497 e. The van der Waals surface area contributed by atoms with Crippen molar-refractivity contribution in [2.75, 3.05) is 40.5 Å². The Morgan fingerprint density at radius 3 is 2.77 bits per heavy atom. The van der Waals surface area contributed by atoms with Gasteiger partial charge in [-0.05, 0) is 17.7 Å². The minimum absolute atomic E-state index is 0.0934. The highest BCUT2D eigenvalue weighted by molar-refractivity contribution is 5.80. The second-order valence-electron chi connectivity index (χ2n) is 6.51. The smallest absolute Gasteiger partial charge is 0.317 e. The minimum atomic E-state index is -0.594. The van der Waals surface area contributed by atoms with E-state index in [2.05, 4.69) is 10.6 Å². The molecule has 0 aromatic heterocycles. The summed E-state index contributed by atoms with van der Waals surface area (Å²) in [5, 5.41) is 5.79. The van der Waals surface area contributed by atoms with Crippen molar-refractivity contribution in [3.05, 3.63) is 29.8 Å². The first-order valence-corrected chi connectivity index (χ1v) is 8.70. The van der Waals surface area contributed by atoms with Crippen molar-refractivity contribution >= 4 is 11.9 Å². The first-order valence-electron chi connectivity index (χ1n) is 8.70. The van der Waals surface area contributed by atoms with E-state index >= 15 is 0 Å². The van der Waals surface area contributed by atoms with E-state index in [1.165, 1.54) is 0 Å². The molecule has 2 heterocycles. The summed E-state index contributed by atoms with van der Waals surface area (Å²) >= 11 is 0. The fourth-order valence-corrected chi connectivity index (χ4v) is 3.34. The first-order chi connectivity index (χ1) is 12.5. The zero-order valence-corrected chi connectivity index (χ0v) is 15.1. The van der Waals surface area contributed by atoms with E-state index in [4.69, 9.17) is 14.2 Å². The highest BCUT2D eigenvalue weighted by Gasteiger charge is 2.42. The third-order valence-electron chi connectivity index (χ3n) is 4.89. The predicted molar refractivity (Wildman–Crippen MR) is 93.8 cm³/mol. The SMILES string of the molecule is COc1cccc(C(CNC(=O)N2CCC3(CC2)NC(=O)CO3)OC)c1. The number of amides is 3. The Labute approximate surface area is 152 Å². The van der Waals surface area contributed by atoms with Crippen LogP contribution < -0.4 is 15.4 Å². The van der Waals surface area contributed by atoms with Gasteiger partial charge >= 0.3 is 6.03 Å². The van der Waals surface area contributed by atoms with Gasteiger partial charge in [-0.15, -0.1) is 0 Å². The number of hydrogen-bond donors (Lipinski definition) is 2. The monoisotopic (exact) mass is 363 g/mol. The molecule has 1 atom stereocenters. The predicted octanol–water partition coefficient (Wildman–Crippen LogP) is 1.03. The average molecular weight is 363 g/mol. The zero-order chi connectivity index (χ0) is 18.6. The summed E-state index contributed by atoms with van der Waals surface area (Å²) in [4.78, 5) is 25.6. The second kappa shape index (κ2) is 7.92. The van der Waals surface area contributed by atoms with E-state index in [9.17, 15) is 9.59 Å². The molecule has 0 bridgehead atoms. The Morgan fingerprint density at radius 2 is 2.15 bits per heavy atom. The fraction of sp³-hybridized carbons (Fsp3) is 0.556. The van der Waals surface area contributed by atoms with E-state index in [0.717, 1.165) is 11.3 Å².